The van der Waals surface area contributed by atoms with Crippen molar-refractivity contribution >= 4 is 35.5 Å². The van der Waals surface area contributed by atoms with Crippen LogP contribution < -0.4 is 0 Å². The SMILES string of the molecule is O=C([CH-]C(=O)c1ccccc1)c1ccccc1.[CH-]1CCCCC1.[CH-]1CCCCC1.[CH-]1CCCCC1.[Sn+4]. The molecule has 3 aliphatic rings. The van der Waals surface area contributed by atoms with Gasteiger partial charge >= 0.3 is 23.9 Å². The summed E-state index contributed by atoms with van der Waals surface area (Å²) in [4.78, 5) is 23.5. The summed E-state index contributed by atoms with van der Waals surface area (Å²) in [5.74, 6) is -0.529. The summed E-state index contributed by atoms with van der Waals surface area (Å²) in [5, 5.41) is 0. The maximum Gasteiger partial charge on any atom is 4.00 e. The molecule has 0 unspecified atom stereocenters. The molecular weight excluding hydrogens is 547 g/mol. The Morgan fingerprint density at radius 2 is 0.750 bits per heavy atom. The summed E-state index contributed by atoms with van der Waals surface area (Å²) >= 11 is 0. The first-order chi connectivity index (χ1) is 17.3. The Morgan fingerprint density at radius 1 is 0.472 bits per heavy atom. The van der Waals surface area contributed by atoms with E-state index in [1.807, 2.05) is 12.1 Å². The number of Topliss-reactive ketones (excluding diaryl/α,β-unsaturated/α-hetero) is 2. The average Bonchev–Trinajstić information content (AvgIpc) is 2.98. The van der Waals surface area contributed by atoms with Gasteiger partial charge in [-0.2, -0.15) is 38.5 Å². The van der Waals surface area contributed by atoms with E-state index >= 15 is 0 Å². The summed E-state index contributed by atoms with van der Waals surface area (Å²) < 4.78 is 0. The van der Waals surface area contributed by atoms with Crippen LogP contribution in [0.2, 0.25) is 0 Å². The Balaban J connectivity index is 0.000000279. The van der Waals surface area contributed by atoms with E-state index in [0.717, 1.165) is 6.42 Å². The normalized spacial score (nSPS) is 16.6. The minimum atomic E-state index is -0.264. The number of hydrogen-bond acceptors (Lipinski definition) is 2. The number of carbonyl (C=O) groups excluding carboxylic acids is 2. The largest absolute Gasteiger partial charge is 4.00 e. The van der Waals surface area contributed by atoms with Gasteiger partial charge < -0.3 is 28.9 Å². The molecule has 0 amide bonds. The van der Waals surface area contributed by atoms with Crippen molar-refractivity contribution in [1.82, 2.24) is 0 Å². The van der Waals surface area contributed by atoms with Crippen LogP contribution in [-0.4, -0.2) is 35.5 Å². The molecule has 0 saturated heterocycles. The molecule has 3 fully saturated rings. The molecule has 3 aliphatic carbocycles. The zero-order valence-corrected chi connectivity index (χ0v) is 24.9. The molecule has 0 heterocycles. The Hall–Kier alpha value is -1.55. The molecule has 0 bridgehead atoms. The molecule has 0 radical (unpaired) electrons. The fraction of sp³-hybridized carbons (Fsp3) is 0.455. The predicted molar refractivity (Wildman–Crippen MR) is 154 cm³/mol. The topological polar surface area (TPSA) is 34.1 Å². The second-order valence-electron chi connectivity index (χ2n) is 9.38. The van der Waals surface area contributed by atoms with Crippen LogP contribution >= 0.6 is 0 Å². The van der Waals surface area contributed by atoms with E-state index in [1.54, 1.807) is 48.5 Å². The van der Waals surface area contributed by atoms with Crippen molar-refractivity contribution in [2.24, 2.45) is 0 Å². The van der Waals surface area contributed by atoms with Gasteiger partial charge in [-0.3, -0.25) is 0 Å². The number of hydrogen-bond donors (Lipinski definition) is 0. The zero-order chi connectivity index (χ0) is 24.8. The van der Waals surface area contributed by atoms with Crippen molar-refractivity contribution in [1.29, 1.82) is 0 Å². The van der Waals surface area contributed by atoms with Crippen molar-refractivity contribution in [2.75, 3.05) is 0 Å². The molecule has 5 rings (SSSR count). The Kier molecular flexibility index (Phi) is 20.4. The maximum absolute atomic E-state index is 11.8. The quantitative estimate of drug-likeness (QED) is 0.154. The molecule has 36 heavy (non-hydrogen) atoms. The van der Waals surface area contributed by atoms with Crippen LogP contribution in [0.4, 0.5) is 0 Å². The summed E-state index contributed by atoms with van der Waals surface area (Å²) in [5.41, 5.74) is 1.05. The molecule has 2 aromatic carbocycles. The van der Waals surface area contributed by atoms with Crippen LogP contribution in [-0.2, 0) is 0 Å². The van der Waals surface area contributed by atoms with E-state index < -0.39 is 0 Å². The van der Waals surface area contributed by atoms with Gasteiger partial charge in [-0.1, -0.05) is 112 Å². The number of ketones is 2. The Morgan fingerprint density at radius 3 is 0.944 bits per heavy atom. The Bertz CT molecular complexity index is 663. The first kappa shape index (κ1) is 32.5. The summed E-state index contributed by atoms with van der Waals surface area (Å²) in [6, 6.07) is 17.5. The van der Waals surface area contributed by atoms with Gasteiger partial charge in [0, 0.05) is 0 Å². The third kappa shape index (κ3) is 16.2. The Labute approximate surface area is 238 Å². The van der Waals surface area contributed by atoms with Gasteiger partial charge in [0.1, 0.15) is 0 Å². The molecular formula is C33H44O2Sn. The summed E-state index contributed by atoms with van der Waals surface area (Å²) in [6.07, 6.45) is 29.6. The van der Waals surface area contributed by atoms with Gasteiger partial charge in [0.25, 0.3) is 0 Å². The summed E-state index contributed by atoms with van der Waals surface area (Å²) in [6.45, 7) is 0. The van der Waals surface area contributed by atoms with E-state index in [-0.39, 0.29) is 35.5 Å². The first-order valence-electron chi connectivity index (χ1n) is 13.8. The molecule has 0 aromatic heterocycles. The standard InChI is InChI=1S/C15H11O2.3C6H11.Sn/c16-14(12-7-3-1-4-8-12)11-15(17)13-9-5-2-6-10-13;3*1-2-4-6-5-3-1;/h1-11H;3*1H,2-6H2;/q4*-1;+4. The number of carbonyl (C=O) groups is 2. The van der Waals surface area contributed by atoms with Crippen molar-refractivity contribution in [3.8, 4) is 0 Å². The molecule has 3 saturated carbocycles. The smallest absolute Gasteiger partial charge is 0.328 e. The second-order valence-corrected chi connectivity index (χ2v) is 9.38. The van der Waals surface area contributed by atoms with Crippen molar-refractivity contribution in [3.05, 3.63) is 97.5 Å². The monoisotopic (exact) mass is 592 g/mol. The van der Waals surface area contributed by atoms with Crippen LogP contribution in [0.25, 0.3) is 0 Å². The molecule has 0 N–H and O–H groups in total. The zero-order valence-electron chi connectivity index (χ0n) is 22.0. The van der Waals surface area contributed by atoms with Crippen LogP contribution in [0.5, 0.6) is 0 Å². The van der Waals surface area contributed by atoms with Crippen LogP contribution in [0.15, 0.2) is 60.7 Å². The molecule has 192 valence electrons. The molecule has 0 atom stereocenters. The van der Waals surface area contributed by atoms with Gasteiger partial charge in [-0.05, 0) is 0 Å². The fourth-order valence-electron chi connectivity index (χ4n) is 4.19. The number of benzene rings is 2. The van der Waals surface area contributed by atoms with Crippen LogP contribution in [0, 0.1) is 25.7 Å². The van der Waals surface area contributed by atoms with E-state index in [0.29, 0.717) is 11.1 Å². The van der Waals surface area contributed by atoms with Gasteiger partial charge in [0.15, 0.2) is 0 Å². The average molecular weight is 591 g/mol. The minimum Gasteiger partial charge on any atom is -0.328 e. The predicted octanol–water partition coefficient (Wildman–Crippen LogP) is 9.04. The third-order valence-electron chi connectivity index (χ3n) is 6.33. The van der Waals surface area contributed by atoms with Crippen LogP contribution in [0.1, 0.15) is 117 Å². The molecule has 2 aromatic rings. The third-order valence-corrected chi connectivity index (χ3v) is 6.33. The first-order valence-corrected chi connectivity index (χ1v) is 13.8. The van der Waals surface area contributed by atoms with Crippen molar-refractivity contribution in [2.45, 2.75) is 96.3 Å². The summed E-state index contributed by atoms with van der Waals surface area (Å²) in [7, 11) is 0. The van der Waals surface area contributed by atoms with E-state index in [4.69, 9.17) is 0 Å². The van der Waals surface area contributed by atoms with Gasteiger partial charge in [-0.25, -0.2) is 0 Å². The molecule has 0 aliphatic heterocycles. The fourth-order valence-corrected chi connectivity index (χ4v) is 4.19. The van der Waals surface area contributed by atoms with E-state index in [9.17, 15) is 9.59 Å². The van der Waals surface area contributed by atoms with Crippen molar-refractivity contribution in [3.63, 3.8) is 0 Å². The molecule has 2 nitrogen and oxygen atoms in total. The molecule has 0 spiro atoms. The maximum atomic E-state index is 11.8. The molecule has 3 heteroatoms. The minimum absolute atomic E-state index is 0. The van der Waals surface area contributed by atoms with Gasteiger partial charge in [0.05, 0.1) is 11.6 Å². The second kappa shape index (κ2) is 22.6. The van der Waals surface area contributed by atoms with E-state index in [2.05, 4.69) is 19.3 Å². The number of rotatable bonds is 4. The van der Waals surface area contributed by atoms with Crippen LogP contribution in [0.3, 0.4) is 0 Å². The van der Waals surface area contributed by atoms with Gasteiger partial charge in [-0.15, -0.1) is 24.3 Å². The van der Waals surface area contributed by atoms with Gasteiger partial charge in [0.2, 0.25) is 0 Å². The van der Waals surface area contributed by atoms with Crippen molar-refractivity contribution < 1.29 is 9.59 Å². The van der Waals surface area contributed by atoms with E-state index in [1.165, 1.54) is 96.3 Å².